The highest BCUT2D eigenvalue weighted by Crippen LogP contribution is 2.24. The fraction of sp³-hybridized carbons (Fsp3) is 0.133. The van der Waals surface area contributed by atoms with Crippen LogP contribution in [0.3, 0.4) is 0 Å². The van der Waals surface area contributed by atoms with Crippen LogP contribution in [0.25, 0.3) is 0 Å². The Morgan fingerprint density at radius 2 is 1.67 bits per heavy atom. The third-order valence-corrected chi connectivity index (χ3v) is 2.72. The van der Waals surface area contributed by atoms with Crippen molar-refractivity contribution in [3.63, 3.8) is 0 Å². The molecule has 110 valence electrons. The second kappa shape index (κ2) is 5.55. The molecule has 0 bridgehead atoms. The van der Waals surface area contributed by atoms with Crippen molar-refractivity contribution in [1.29, 1.82) is 0 Å². The largest absolute Gasteiger partial charge is 0.573 e. The molecule has 0 spiro atoms. The van der Waals surface area contributed by atoms with Crippen molar-refractivity contribution < 1.29 is 27.1 Å². The average molecular weight is 298 g/mol. The van der Waals surface area contributed by atoms with Gasteiger partial charge in [-0.15, -0.1) is 13.2 Å². The van der Waals surface area contributed by atoms with Gasteiger partial charge >= 0.3 is 6.36 Å². The molecule has 2 aromatic rings. The number of benzene rings is 2. The van der Waals surface area contributed by atoms with Gasteiger partial charge in [0.25, 0.3) is 0 Å². The Kier molecular flexibility index (Phi) is 3.97. The molecule has 0 atom stereocenters. The zero-order valence-corrected chi connectivity index (χ0v) is 10.9. The van der Waals surface area contributed by atoms with Crippen molar-refractivity contribution in [3.05, 3.63) is 65.0 Å². The molecule has 0 amide bonds. The van der Waals surface area contributed by atoms with Crippen LogP contribution < -0.4 is 4.74 Å². The second-order valence-corrected chi connectivity index (χ2v) is 4.38. The number of carbonyl (C=O) groups is 1. The van der Waals surface area contributed by atoms with Crippen molar-refractivity contribution in [1.82, 2.24) is 0 Å². The number of hydrogen-bond donors (Lipinski definition) is 0. The summed E-state index contributed by atoms with van der Waals surface area (Å²) < 4.78 is 53.4. The van der Waals surface area contributed by atoms with Crippen LogP contribution in [0.1, 0.15) is 21.5 Å². The molecule has 2 nitrogen and oxygen atoms in total. The summed E-state index contributed by atoms with van der Waals surface area (Å²) in [6.45, 7) is 1.70. The van der Waals surface area contributed by atoms with Crippen molar-refractivity contribution in [2.45, 2.75) is 13.3 Å². The molecule has 0 aromatic heterocycles. The first-order valence-electron chi connectivity index (χ1n) is 5.93. The molecule has 0 unspecified atom stereocenters. The molecule has 0 N–H and O–H groups in total. The van der Waals surface area contributed by atoms with Crippen LogP contribution in [-0.4, -0.2) is 12.1 Å². The van der Waals surface area contributed by atoms with Crippen LogP contribution in [0.4, 0.5) is 17.6 Å². The number of halogens is 4. The van der Waals surface area contributed by atoms with Gasteiger partial charge in [0, 0.05) is 5.56 Å². The standard InChI is InChI=1S/C15H10F4O2/c1-9-2-7-13(16)12(8-9)14(20)10-3-5-11(6-4-10)21-15(17,18)19/h2-8H,1H3. The van der Waals surface area contributed by atoms with E-state index in [2.05, 4.69) is 4.74 Å². The lowest BCUT2D eigenvalue weighted by molar-refractivity contribution is -0.274. The summed E-state index contributed by atoms with van der Waals surface area (Å²) in [6.07, 6.45) is -4.80. The van der Waals surface area contributed by atoms with Crippen LogP contribution >= 0.6 is 0 Å². The highest BCUT2D eigenvalue weighted by atomic mass is 19.4. The van der Waals surface area contributed by atoms with E-state index in [1.165, 1.54) is 18.2 Å². The molecular formula is C15H10F4O2. The van der Waals surface area contributed by atoms with Crippen LogP contribution in [0, 0.1) is 12.7 Å². The van der Waals surface area contributed by atoms with E-state index in [4.69, 9.17) is 0 Å². The van der Waals surface area contributed by atoms with Gasteiger partial charge in [0.2, 0.25) is 0 Å². The fourth-order valence-electron chi connectivity index (χ4n) is 1.78. The maximum absolute atomic E-state index is 13.6. The van der Waals surface area contributed by atoms with Gasteiger partial charge in [-0.05, 0) is 43.3 Å². The van der Waals surface area contributed by atoms with Crippen LogP contribution in [0.5, 0.6) is 5.75 Å². The van der Waals surface area contributed by atoms with Gasteiger partial charge in [-0.25, -0.2) is 4.39 Å². The third-order valence-electron chi connectivity index (χ3n) is 2.72. The van der Waals surface area contributed by atoms with Crippen molar-refractivity contribution in [2.75, 3.05) is 0 Å². The third kappa shape index (κ3) is 3.81. The average Bonchev–Trinajstić information content (AvgIpc) is 2.40. The quantitative estimate of drug-likeness (QED) is 0.625. The highest BCUT2D eigenvalue weighted by Gasteiger charge is 2.31. The Balaban J connectivity index is 2.26. The Labute approximate surface area is 118 Å². The van der Waals surface area contributed by atoms with E-state index in [1.54, 1.807) is 6.92 Å². The van der Waals surface area contributed by atoms with Gasteiger partial charge in [0.1, 0.15) is 11.6 Å². The predicted octanol–water partition coefficient (Wildman–Crippen LogP) is 4.26. The van der Waals surface area contributed by atoms with Gasteiger partial charge in [-0.3, -0.25) is 4.79 Å². The minimum atomic E-state index is -4.80. The van der Waals surface area contributed by atoms with Gasteiger partial charge < -0.3 is 4.74 Å². The number of alkyl halides is 3. The molecule has 0 aliphatic carbocycles. The Bertz CT molecular complexity index is 660. The molecule has 0 aliphatic rings. The molecule has 0 radical (unpaired) electrons. The number of rotatable bonds is 3. The van der Waals surface area contributed by atoms with E-state index >= 15 is 0 Å². The summed E-state index contributed by atoms with van der Waals surface area (Å²) in [5, 5.41) is 0. The minimum absolute atomic E-state index is 0.0778. The molecule has 2 aromatic carbocycles. The smallest absolute Gasteiger partial charge is 0.406 e. The molecule has 0 saturated carbocycles. The second-order valence-electron chi connectivity index (χ2n) is 4.38. The molecular weight excluding hydrogens is 288 g/mol. The van der Waals surface area contributed by atoms with E-state index in [0.717, 1.165) is 24.3 Å². The predicted molar refractivity (Wildman–Crippen MR) is 67.7 cm³/mol. The lowest BCUT2D eigenvalue weighted by Crippen LogP contribution is -2.17. The summed E-state index contributed by atoms with van der Waals surface area (Å²) in [7, 11) is 0. The molecule has 0 saturated heterocycles. The van der Waals surface area contributed by atoms with Gasteiger partial charge in [-0.2, -0.15) is 0 Å². The van der Waals surface area contributed by atoms with Crippen molar-refractivity contribution >= 4 is 5.78 Å². The summed E-state index contributed by atoms with van der Waals surface area (Å²) >= 11 is 0. The van der Waals surface area contributed by atoms with Crippen LogP contribution in [0.2, 0.25) is 0 Å². The molecule has 21 heavy (non-hydrogen) atoms. The maximum Gasteiger partial charge on any atom is 0.573 e. The number of ketones is 1. The Morgan fingerprint density at radius 1 is 1.05 bits per heavy atom. The monoisotopic (exact) mass is 298 g/mol. The molecule has 0 fully saturated rings. The SMILES string of the molecule is Cc1ccc(F)c(C(=O)c2ccc(OC(F)(F)F)cc2)c1. The van der Waals surface area contributed by atoms with E-state index in [1.807, 2.05) is 0 Å². The van der Waals surface area contributed by atoms with Crippen molar-refractivity contribution in [3.8, 4) is 5.75 Å². The molecule has 0 aliphatic heterocycles. The molecule has 6 heteroatoms. The summed E-state index contributed by atoms with van der Waals surface area (Å²) in [5.74, 6) is -1.72. The topological polar surface area (TPSA) is 26.3 Å². The van der Waals surface area contributed by atoms with Crippen molar-refractivity contribution in [2.24, 2.45) is 0 Å². The van der Waals surface area contributed by atoms with Gasteiger partial charge in [0.05, 0.1) is 5.56 Å². The first kappa shape index (κ1) is 15.0. The normalized spacial score (nSPS) is 11.3. The minimum Gasteiger partial charge on any atom is -0.406 e. The highest BCUT2D eigenvalue weighted by molar-refractivity contribution is 6.09. The van der Waals surface area contributed by atoms with E-state index < -0.39 is 23.7 Å². The summed E-state index contributed by atoms with van der Waals surface area (Å²) in [4.78, 5) is 12.1. The zero-order valence-electron chi connectivity index (χ0n) is 10.9. The van der Waals surface area contributed by atoms with E-state index in [0.29, 0.717) is 5.56 Å². The number of ether oxygens (including phenoxy) is 1. The molecule has 2 rings (SSSR count). The zero-order chi connectivity index (χ0) is 15.6. The number of hydrogen-bond acceptors (Lipinski definition) is 2. The van der Waals surface area contributed by atoms with Gasteiger partial charge in [-0.1, -0.05) is 11.6 Å². The number of aryl methyl sites for hydroxylation is 1. The number of carbonyl (C=O) groups excluding carboxylic acids is 1. The Hall–Kier alpha value is -2.37. The van der Waals surface area contributed by atoms with Crippen LogP contribution in [0.15, 0.2) is 42.5 Å². The first-order valence-corrected chi connectivity index (χ1v) is 5.93. The van der Waals surface area contributed by atoms with Crippen LogP contribution in [-0.2, 0) is 0 Å². The lowest BCUT2D eigenvalue weighted by Gasteiger charge is -2.09. The molecule has 0 heterocycles. The summed E-state index contributed by atoms with van der Waals surface area (Å²) in [5.41, 5.74) is 0.658. The maximum atomic E-state index is 13.6. The first-order chi connectivity index (χ1) is 9.76. The van der Waals surface area contributed by atoms with E-state index in [9.17, 15) is 22.4 Å². The summed E-state index contributed by atoms with van der Waals surface area (Å²) in [6, 6.07) is 8.41. The fourth-order valence-corrected chi connectivity index (χ4v) is 1.78. The van der Waals surface area contributed by atoms with E-state index in [-0.39, 0.29) is 11.1 Å². The lowest BCUT2D eigenvalue weighted by atomic mass is 10.0. The Morgan fingerprint density at radius 3 is 2.24 bits per heavy atom. The van der Waals surface area contributed by atoms with Gasteiger partial charge in [0.15, 0.2) is 5.78 Å².